The maximum Gasteiger partial charge on any atom is 0.247 e. The predicted octanol–water partition coefficient (Wildman–Crippen LogP) is 3.60. The van der Waals surface area contributed by atoms with Crippen LogP contribution in [0.3, 0.4) is 0 Å². The Bertz CT molecular complexity index is 1140. The van der Waals surface area contributed by atoms with Crippen molar-refractivity contribution in [3.8, 4) is 0 Å². The van der Waals surface area contributed by atoms with Gasteiger partial charge in [0.15, 0.2) is 0 Å². The number of rotatable bonds is 8. The maximum absolute atomic E-state index is 14.0. The van der Waals surface area contributed by atoms with Crippen molar-refractivity contribution in [1.29, 1.82) is 0 Å². The molecule has 1 N–H and O–H groups in total. The third-order valence-corrected chi connectivity index (χ3v) is 8.13. The topological polar surface area (TPSA) is 79.0 Å². The van der Waals surface area contributed by atoms with Gasteiger partial charge >= 0.3 is 0 Å². The zero-order chi connectivity index (χ0) is 27.4. The van der Waals surface area contributed by atoms with Crippen LogP contribution in [-0.4, -0.2) is 66.9 Å². The number of allylic oxidation sites excluding steroid dienone is 3. The molecule has 1 aromatic rings. The summed E-state index contributed by atoms with van der Waals surface area (Å²) in [5, 5.41) is 2.73. The lowest BCUT2D eigenvalue weighted by Gasteiger charge is -2.44. The van der Waals surface area contributed by atoms with Gasteiger partial charge in [0.1, 0.15) is 17.7 Å². The second-order valence-electron chi connectivity index (χ2n) is 10.7. The summed E-state index contributed by atoms with van der Waals surface area (Å²) in [6, 6.07) is 2.22. The van der Waals surface area contributed by atoms with Gasteiger partial charge in [-0.25, -0.2) is 8.78 Å². The number of amides is 3. The van der Waals surface area contributed by atoms with Crippen molar-refractivity contribution in [3.63, 3.8) is 0 Å². The van der Waals surface area contributed by atoms with Crippen LogP contribution in [0.4, 0.5) is 8.78 Å². The van der Waals surface area contributed by atoms with Crippen molar-refractivity contribution in [2.45, 2.75) is 52.2 Å². The Hall–Kier alpha value is -3.07. The smallest absolute Gasteiger partial charge is 0.247 e. The van der Waals surface area contributed by atoms with E-state index < -0.39 is 23.1 Å². The molecule has 2 saturated heterocycles. The summed E-state index contributed by atoms with van der Waals surface area (Å²) in [7, 11) is 1.82. The quantitative estimate of drug-likeness (QED) is 0.558. The minimum Gasteiger partial charge on any atom is -0.374 e. The molecule has 0 saturated carbocycles. The van der Waals surface area contributed by atoms with Crippen molar-refractivity contribution in [1.82, 2.24) is 15.1 Å². The van der Waals surface area contributed by atoms with Gasteiger partial charge in [-0.15, -0.1) is 0 Å². The number of piperidine rings is 1. The fourth-order valence-corrected chi connectivity index (χ4v) is 6.06. The standard InChI is InChI=1S/C29H37F2N3O4/c1-4-26(35)32-25(17-38-16-20-10-11-21(30)14-24(20)31)27(36)34-13-7-12-29(18-34)23(15-33(3)28(29)37)22-9-6-5-8-19(22)2/h5-6,9-11,14,19,23,25H,4,7-8,12-13,15-18H2,1-3H3,(H,32,35)/t19?,23?,25-,29?/m1/s1. The minimum absolute atomic E-state index is 0.0111. The average molecular weight is 530 g/mol. The first-order chi connectivity index (χ1) is 18.2. The van der Waals surface area contributed by atoms with Crippen molar-refractivity contribution in [2.75, 3.05) is 33.3 Å². The molecule has 2 fully saturated rings. The van der Waals surface area contributed by atoms with Crippen molar-refractivity contribution < 1.29 is 27.9 Å². The molecule has 1 spiro atoms. The lowest BCUT2D eigenvalue weighted by Crippen LogP contribution is -2.57. The molecule has 0 bridgehead atoms. The molecule has 1 aliphatic carbocycles. The molecule has 0 radical (unpaired) electrons. The van der Waals surface area contributed by atoms with E-state index in [1.165, 1.54) is 11.6 Å². The number of carbonyl (C=O) groups is 3. The van der Waals surface area contributed by atoms with Gasteiger partial charge in [0.05, 0.1) is 18.6 Å². The van der Waals surface area contributed by atoms with Crippen LogP contribution in [0, 0.1) is 28.9 Å². The molecule has 4 atom stereocenters. The highest BCUT2D eigenvalue weighted by atomic mass is 19.1. The van der Waals surface area contributed by atoms with Crippen LogP contribution in [0.25, 0.3) is 0 Å². The second-order valence-corrected chi connectivity index (χ2v) is 10.7. The lowest BCUT2D eigenvalue weighted by atomic mass is 9.65. The third-order valence-electron chi connectivity index (χ3n) is 8.13. The highest BCUT2D eigenvalue weighted by Crippen LogP contribution is 2.49. The molecule has 2 aliphatic heterocycles. The van der Waals surface area contributed by atoms with Gasteiger partial charge in [-0.05, 0) is 31.2 Å². The van der Waals surface area contributed by atoms with Gasteiger partial charge < -0.3 is 19.9 Å². The van der Waals surface area contributed by atoms with Crippen molar-refractivity contribution in [2.24, 2.45) is 17.3 Å². The first kappa shape index (κ1) is 28.0. The van der Waals surface area contributed by atoms with Crippen LogP contribution >= 0.6 is 0 Å². The number of carbonyl (C=O) groups excluding carboxylic acids is 3. The summed E-state index contributed by atoms with van der Waals surface area (Å²) in [4.78, 5) is 43.0. The summed E-state index contributed by atoms with van der Waals surface area (Å²) in [5.74, 6) is -1.67. The summed E-state index contributed by atoms with van der Waals surface area (Å²) in [6.07, 6.45) is 8.80. The van der Waals surface area contributed by atoms with E-state index in [9.17, 15) is 23.2 Å². The highest BCUT2D eigenvalue weighted by Gasteiger charge is 2.56. The van der Waals surface area contributed by atoms with Gasteiger partial charge in [-0.2, -0.15) is 0 Å². The van der Waals surface area contributed by atoms with E-state index in [0.717, 1.165) is 18.6 Å². The molecule has 1 aromatic carbocycles. The number of nitrogens with zero attached hydrogens (tertiary/aromatic N) is 2. The fraction of sp³-hybridized carbons (Fsp3) is 0.552. The first-order valence-corrected chi connectivity index (χ1v) is 13.4. The Kier molecular flexibility index (Phi) is 8.65. The highest BCUT2D eigenvalue weighted by molar-refractivity contribution is 5.90. The molecule has 0 aromatic heterocycles. The summed E-state index contributed by atoms with van der Waals surface area (Å²) < 4.78 is 32.9. The zero-order valence-corrected chi connectivity index (χ0v) is 22.3. The minimum atomic E-state index is -0.982. The normalized spacial score (nSPS) is 26.0. The second kappa shape index (κ2) is 11.8. The predicted molar refractivity (Wildman–Crippen MR) is 139 cm³/mol. The van der Waals surface area contributed by atoms with Gasteiger partial charge in [0, 0.05) is 50.7 Å². The molecular weight excluding hydrogens is 492 g/mol. The first-order valence-electron chi connectivity index (χ1n) is 13.4. The summed E-state index contributed by atoms with van der Waals surface area (Å²) in [5.41, 5.74) is 0.702. The largest absolute Gasteiger partial charge is 0.374 e. The Balaban J connectivity index is 1.52. The average Bonchev–Trinajstić information content (AvgIpc) is 3.13. The molecule has 4 rings (SSSR count). The van der Waals surface area contributed by atoms with E-state index in [1.807, 2.05) is 7.05 Å². The number of benzene rings is 1. The summed E-state index contributed by atoms with van der Waals surface area (Å²) in [6.45, 7) is 4.89. The molecule has 206 valence electrons. The van der Waals surface area contributed by atoms with Gasteiger partial charge in [-0.3, -0.25) is 14.4 Å². The number of hydrogen-bond donors (Lipinski definition) is 1. The van der Waals surface area contributed by atoms with Crippen LogP contribution in [0.1, 0.15) is 45.1 Å². The summed E-state index contributed by atoms with van der Waals surface area (Å²) >= 11 is 0. The maximum atomic E-state index is 14.0. The SMILES string of the molecule is CCC(=O)N[C@H](COCc1ccc(F)cc1F)C(=O)N1CCCC2(C1)C(=O)N(C)CC2C1=CC=CCC1C. The van der Waals surface area contributed by atoms with Crippen LogP contribution in [0.2, 0.25) is 0 Å². The number of hydrogen-bond acceptors (Lipinski definition) is 4. The third kappa shape index (κ3) is 5.67. The Morgan fingerprint density at radius 2 is 2.08 bits per heavy atom. The van der Waals surface area contributed by atoms with E-state index in [0.29, 0.717) is 31.8 Å². The van der Waals surface area contributed by atoms with E-state index in [1.54, 1.807) is 16.7 Å². The molecule has 9 heteroatoms. The Morgan fingerprint density at radius 1 is 1.29 bits per heavy atom. The van der Waals surface area contributed by atoms with E-state index in [2.05, 4.69) is 30.5 Å². The zero-order valence-electron chi connectivity index (χ0n) is 22.3. The molecule has 3 amide bonds. The molecule has 2 heterocycles. The Morgan fingerprint density at radius 3 is 2.79 bits per heavy atom. The monoisotopic (exact) mass is 529 g/mol. The number of nitrogens with one attached hydrogen (secondary N) is 1. The van der Waals surface area contributed by atoms with Gasteiger partial charge in [0.2, 0.25) is 17.7 Å². The van der Waals surface area contributed by atoms with Crippen LogP contribution in [-0.2, 0) is 25.7 Å². The van der Waals surface area contributed by atoms with Crippen molar-refractivity contribution >= 4 is 17.7 Å². The van der Waals surface area contributed by atoms with Gasteiger partial charge in [-0.1, -0.05) is 43.7 Å². The van der Waals surface area contributed by atoms with E-state index in [-0.39, 0.29) is 55.4 Å². The van der Waals surface area contributed by atoms with Crippen molar-refractivity contribution in [3.05, 3.63) is 59.2 Å². The van der Waals surface area contributed by atoms with Crippen LogP contribution in [0.15, 0.2) is 42.0 Å². The fourth-order valence-electron chi connectivity index (χ4n) is 6.06. The number of halogens is 2. The molecule has 3 aliphatic rings. The lowest BCUT2D eigenvalue weighted by molar-refractivity contribution is -0.147. The molecule has 38 heavy (non-hydrogen) atoms. The molecule has 3 unspecified atom stereocenters. The number of likely N-dealkylation sites (tertiary alicyclic amines) is 2. The number of ether oxygens (including phenoxy) is 1. The van der Waals surface area contributed by atoms with E-state index in [4.69, 9.17) is 4.74 Å². The van der Waals surface area contributed by atoms with Crippen LogP contribution < -0.4 is 5.32 Å². The Labute approximate surface area is 222 Å². The van der Waals surface area contributed by atoms with Crippen LogP contribution in [0.5, 0.6) is 0 Å². The van der Waals surface area contributed by atoms with E-state index >= 15 is 0 Å². The molecule has 7 nitrogen and oxygen atoms in total. The van der Waals surface area contributed by atoms with Gasteiger partial charge in [0.25, 0.3) is 0 Å². The molecular formula is C29H37F2N3O4.